The standard InChI is InChI=1S/C13H8Cl2FNO3/c14-9-4-10(15)6-11(5-9)20-7-8-2-1-3-12(13(8)16)17(18)19/h1-6H,7H2. The van der Waals surface area contributed by atoms with Gasteiger partial charge in [-0.15, -0.1) is 0 Å². The molecule has 0 heterocycles. The lowest BCUT2D eigenvalue weighted by Crippen LogP contribution is -2.01. The van der Waals surface area contributed by atoms with E-state index < -0.39 is 16.4 Å². The molecule has 0 spiro atoms. The highest BCUT2D eigenvalue weighted by molar-refractivity contribution is 6.34. The van der Waals surface area contributed by atoms with Crippen molar-refractivity contribution in [3.63, 3.8) is 0 Å². The summed E-state index contributed by atoms with van der Waals surface area (Å²) in [6, 6.07) is 8.46. The van der Waals surface area contributed by atoms with E-state index in [1.54, 1.807) is 0 Å². The van der Waals surface area contributed by atoms with Crippen molar-refractivity contribution in [1.29, 1.82) is 0 Å². The summed E-state index contributed by atoms with van der Waals surface area (Å²) in [5.74, 6) is -0.556. The van der Waals surface area contributed by atoms with E-state index in [2.05, 4.69) is 0 Å². The van der Waals surface area contributed by atoms with Gasteiger partial charge in [-0.05, 0) is 18.2 Å². The molecule has 0 aliphatic heterocycles. The summed E-state index contributed by atoms with van der Waals surface area (Å²) >= 11 is 11.6. The fourth-order valence-corrected chi connectivity index (χ4v) is 2.10. The molecule has 0 radical (unpaired) electrons. The predicted octanol–water partition coefficient (Wildman–Crippen LogP) is 4.62. The van der Waals surface area contributed by atoms with Gasteiger partial charge >= 0.3 is 5.69 Å². The fraction of sp³-hybridized carbons (Fsp3) is 0.0769. The van der Waals surface area contributed by atoms with Gasteiger partial charge in [0.05, 0.1) is 4.92 Å². The van der Waals surface area contributed by atoms with Crippen LogP contribution >= 0.6 is 23.2 Å². The lowest BCUT2D eigenvalue weighted by Gasteiger charge is -2.08. The van der Waals surface area contributed by atoms with Gasteiger partial charge in [0.1, 0.15) is 12.4 Å². The molecule has 2 aromatic carbocycles. The highest BCUT2D eigenvalue weighted by Gasteiger charge is 2.17. The number of rotatable bonds is 4. The number of halogens is 3. The van der Waals surface area contributed by atoms with Crippen LogP contribution in [0.1, 0.15) is 5.56 Å². The van der Waals surface area contributed by atoms with Crippen LogP contribution in [0.3, 0.4) is 0 Å². The second kappa shape index (κ2) is 6.07. The highest BCUT2D eigenvalue weighted by Crippen LogP contribution is 2.26. The molecule has 0 fully saturated rings. The highest BCUT2D eigenvalue weighted by atomic mass is 35.5. The van der Waals surface area contributed by atoms with Crippen LogP contribution in [-0.2, 0) is 6.61 Å². The number of nitrogens with zero attached hydrogens (tertiary/aromatic N) is 1. The molecule has 0 saturated heterocycles. The smallest absolute Gasteiger partial charge is 0.305 e. The Morgan fingerprint density at radius 1 is 1.20 bits per heavy atom. The summed E-state index contributed by atoms with van der Waals surface area (Å²) in [6.07, 6.45) is 0. The molecule has 20 heavy (non-hydrogen) atoms. The normalized spacial score (nSPS) is 10.3. The zero-order valence-electron chi connectivity index (χ0n) is 9.98. The van der Waals surface area contributed by atoms with Crippen molar-refractivity contribution in [3.8, 4) is 5.75 Å². The number of nitro benzene ring substituents is 1. The van der Waals surface area contributed by atoms with Crippen LogP contribution in [-0.4, -0.2) is 4.92 Å². The van der Waals surface area contributed by atoms with Crippen molar-refractivity contribution in [3.05, 3.63) is 67.9 Å². The Hall–Kier alpha value is -1.85. The molecule has 7 heteroatoms. The average molecular weight is 316 g/mol. The molecule has 2 aromatic rings. The number of benzene rings is 2. The Kier molecular flexibility index (Phi) is 4.42. The van der Waals surface area contributed by atoms with E-state index >= 15 is 0 Å². The van der Waals surface area contributed by atoms with E-state index in [-0.39, 0.29) is 12.2 Å². The van der Waals surface area contributed by atoms with Gasteiger partial charge in [0.2, 0.25) is 5.82 Å². The minimum Gasteiger partial charge on any atom is -0.489 e. The van der Waals surface area contributed by atoms with Crippen molar-refractivity contribution >= 4 is 28.9 Å². The maximum absolute atomic E-state index is 13.8. The first-order valence-corrected chi connectivity index (χ1v) is 6.23. The first-order chi connectivity index (χ1) is 9.47. The summed E-state index contributed by atoms with van der Waals surface area (Å²) in [4.78, 5) is 9.84. The molecule has 0 saturated carbocycles. The molecule has 104 valence electrons. The molecule has 4 nitrogen and oxygen atoms in total. The molecule has 0 N–H and O–H groups in total. The van der Waals surface area contributed by atoms with Gasteiger partial charge < -0.3 is 4.74 Å². The van der Waals surface area contributed by atoms with Crippen LogP contribution in [0.5, 0.6) is 5.75 Å². The molecule has 0 aliphatic carbocycles. The molecule has 0 atom stereocenters. The molecule has 0 aliphatic rings. The Labute approximate surface area is 123 Å². The van der Waals surface area contributed by atoms with Crippen LogP contribution in [0.25, 0.3) is 0 Å². The van der Waals surface area contributed by atoms with Crippen molar-refractivity contribution in [2.75, 3.05) is 0 Å². The molecular weight excluding hydrogens is 308 g/mol. The van der Waals surface area contributed by atoms with Gasteiger partial charge in [-0.2, -0.15) is 4.39 Å². The van der Waals surface area contributed by atoms with Gasteiger partial charge in [0.25, 0.3) is 0 Å². The van der Waals surface area contributed by atoms with Crippen molar-refractivity contribution in [2.24, 2.45) is 0 Å². The van der Waals surface area contributed by atoms with Gasteiger partial charge in [-0.3, -0.25) is 10.1 Å². The third-order valence-corrected chi connectivity index (χ3v) is 2.92. The maximum Gasteiger partial charge on any atom is 0.305 e. The largest absolute Gasteiger partial charge is 0.489 e. The van der Waals surface area contributed by atoms with E-state index in [1.807, 2.05) is 0 Å². The van der Waals surface area contributed by atoms with Gasteiger partial charge in [0.15, 0.2) is 0 Å². The topological polar surface area (TPSA) is 52.4 Å². The molecule has 0 amide bonds. The summed E-state index contributed by atoms with van der Waals surface area (Å²) in [5, 5.41) is 11.4. The Bertz CT molecular complexity index is 644. The molecular formula is C13H8Cl2FNO3. The molecule has 0 bridgehead atoms. The van der Waals surface area contributed by atoms with Crippen molar-refractivity contribution in [2.45, 2.75) is 6.61 Å². The third-order valence-electron chi connectivity index (χ3n) is 2.49. The third kappa shape index (κ3) is 3.37. The van der Waals surface area contributed by atoms with E-state index in [4.69, 9.17) is 27.9 Å². The number of nitro groups is 1. The molecule has 0 unspecified atom stereocenters. The fourth-order valence-electron chi connectivity index (χ4n) is 1.59. The zero-order valence-corrected chi connectivity index (χ0v) is 11.5. The van der Waals surface area contributed by atoms with Gasteiger partial charge in [0, 0.05) is 21.7 Å². The van der Waals surface area contributed by atoms with E-state index in [0.717, 1.165) is 6.07 Å². The second-order valence-corrected chi connectivity index (χ2v) is 4.77. The quantitative estimate of drug-likeness (QED) is 0.611. The number of hydrogen-bond acceptors (Lipinski definition) is 3. The first kappa shape index (κ1) is 14.6. The van der Waals surface area contributed by atoms with Crippen molar-refractivity contribution in [1.82, 2.24) is 0 Å². The van der Waals surface area contributed by atoms with Crippen LogP contribution in [0.4, 0.5) is 10.1 Å². The SMILES string of the molecule is O=[N+]([O-])c1cccc(COc2cc(Cl)cc(Cl)c2)c1F. The summed E-state index contributed by atoms with van der Waals surface area (Å²) in [6.45, 7) is -0.163. The lowest BCUT2D eigenvalue weighted by molar-refractivity contribution is -0.387. The Morgan fingerprint density at radius 2 is 1.85 bits per heavy atom. The molecule has 0 aromatic heterocycles. The monoisotopic (exact) mass is 315 g/mol. The number of hydrogen-bond donors (Lipinski definition) is 0. The minimum atomic E-state index is -0.911. The maximum atomic E-state index is 13.8. The average Bonchev–Trinajstić information content (AvgIpc) is 2.36. The van der Waals surface area contributed by atoms with Gasteiger partial charge in [-0.1, -0.05) is 35.3 Å². The second-order valence-electron chi connectivity index (χ2n) is 3.90. The van der Waals surface area contributed by atoms with Crippen molar-refractivity contribution < 1.29 is 14.1 Å². The zero-order chi connectivity index (χ0) is 14.7. The van der Waals surface area contributed by atoms with E-state index in [1.165, 1.54) is 30.3 Å². The predicted molar refractivity (Wildman–Crippen MR) is 73.8 cm³/mol. The summed E-state index contributed by atoms with van der Waals surface area (Å²) in [5.41, 5.74) is -0.509. The Balaban J connectivity index is 2.19. The summed E-state index contributed by atoms with van der Waals surface area (Å²) < 4.78 is 19.1. The van der Waals surface area contributed by atoms with Gasteiger partial charge in [-0.25, -0.2) is 0 Å². The first-order valence-electron chi connectivity index (χ1n) is 5.48. The van der Waals surface area contributed by atoms with Crippen LogP contribution in [0.2, 0.25) is 10.0 Å². The van der Waals surface area contributed by atoms with Crippen LogP contribution in [0, 0.1) is 15.9 Å². The lowest BCUT2D eigenvalue weighted by atomic mass is 10.2. The van der Waals surface area contributed by atoms with Crippen LogP contribution in [0.15, 0.2) is 36.4 Å². The Morgan fingerprint density at radius 3 is 2.45 bits per heavy atom. The van der Waals surface area contributed by atoms with E-state index in [0.29, 0.717) is 15.8 Å². The molecule has 2 rings (SSSR count). The number of ether oxygens (including phenoxy) is 1. The van der Waals surface area contributed by atoms with Crippen LogP contribution < -0.4 is 4.74 Å². The summed E-state index contributed by atoms with van der Waals surface area (Å²) in [7, 11) is 0. The minimum absolute atomic E-state index is 0.0790. The van der Waals surface area contributed by atoms with E-state index in [9.17, 15) is 14.5 Å².